The highest BCUT2D eigenvalue weighted by atomic mass is 28.2. The largest absolute Gasteiger partial charge is 0.434 e. The van der Waals surface area contributed by atoms with Crippen molar-refractivity contribution in [1.82, 2.24) is 0 Å². The molecule has 1 unspecified atom stereocenters. The number of hydrogen-bond acceptors (Lipinski definition) is 3. The van der Waals surface area contributed by atoms with E-state index < -0.39 is 9.20 Å². The maximum absolute atomic E-state index is 10.3. The molecule has 4 heteroatoms. The van der Waals surface area contributed by atoms with Crippen LogP contribution in [0, 0.1) is 5.41 Å². The first-order valence-electron chi connectivity index (χ1n) is 4.83. The van der Waals surface area contributed by atoms with Crippen molar-refractivity contribution < 1.29 is 9.30 Å². The van der Waals surface area contributed by atoms with E-state index in [1.807, 2.05) is 30.3 Å². The van der Waals surface area contributed by atoms with Gasteiger partial charge in [-0.2, -0.15) is 0 Å². The van der Waals surface area contributed by atoms with E-state index in [2.05, 4.69) is 25.6 Å². The van der Waals surface area contributed by atoms with Crippen LogP contribution in [0.4, 0.5) is 0 Å². The first-order valence-corrected chi connectivity index (χ1v) is 5.69. The van der Waals surface area contributed by atoms with Gasteiger partial charge < -0.3 is 4.84 Å². The Bertz CT molecular complexity index is 353. The predicted octanol–water partition coefficient (Wildman–Crippen LogP) is 2.94. The van der Waals surface area contributed by atoms with Crippen molar-refractivity contribution in [1.29, 1.82) is 0 Å². The molecule has 0 aliphatic rings. The zero-order valence-electron chi connectivity index (χ0n) is 9.23. The van der Waals surface area contributed by atoms with Gasteiger partial charge in [0, 0.05) is 5.41 Å². The number of rotatable bonds is 3. The second kappa shape index (κ2) is 5.07. The van der Waals surface area contributed by atoms with Crippen molar-refractivity contribution in [2.24, 2.45) is 10.2 Å². The minimum atomic E-state index is -0.773. The van der Waals surface area contributed by atoms with E-state index in [4.69, 9.17) is 4.84 Å². The molecule has 0 saturated heterocycles. The molecule has 15 heavy (non-hydrogen) atoms. The molecule has 1 rings (SSSR count). The topological polar surface area (TPSA) is 38.7 Å². The first kappa shape index (κ1) is 11.9. The Hall–Kier alpha value is -1.16. The van der Waals surface area contributed by atoms with E-state index in [0.717, 1.165) is 5.56 Å². The van der Waals surface area contributed by atoms with Crippen LogP contribution < -0.4 is 0 Å². The van der Waals surface area contributed by atoms with Crippen molar-refractivity contribution in [2.75, 3.05) is 0 Å². The Balaban J connectivity index is 2.96. The SMILES string of the molecule is CC(C)(C)C(ON=[Si]=O)c1ccccc1. The van der Waals surface area contributed by atoms with E-state index in [1.165, 1.54) is 0 Å². The summed E-state index contributed by atoms with van der Waals surface area (Å²) in [6.07, 6.45) is -0.167. The van der Waals surface area contributed by atoms with Crippen LogP contribution in [-0.4, -0.2) is 9.20 Å². The average Bonchev–Trinajstić information content (AvgIpc) is 2.18. The predicted molar refractivity (Wildman–Crippen MR) is 58.6 cm³/mol. The summed E-state index contributed by atoms with van der Waals surface area (Å²) >= 11 is 0. The smallest absolute Gasteiger partial charge is 0.386 e. The molecule has 0 bridgehead atoms. The van der Waals surface area contributed by atoms with Gasteiger partial charge in [0.2, 0.25) is 0 Å². The molecule has 0 saturated carbocycles. The maximum Gasteiger partial charge on any atom is 0.434 e. The summed E-state index contributed by atoms with van der Waals surface area (Å²) < 4.78 is 10.3. The fourth-order valence-electron chi connectivity index (χ4n) is 1.42. The summed E-state index contributed by atoms with van der Waals surface area (Å²) in [7, 11) is -0.773. The van der Waals surface area contributed by atoms with Crippen molar-refractivity contribution >= 4 is 9.20 Å². The van der Waals surface area contributed by atoms with E-state index in [0.29, 0.717) is 0 Å². The van der Waals surface area contributed by atoms with Gasteiger partial charge >= 0.3 is 9.20 Å². The van der Waals surface area contributed by atoms with Gasteiger partial charge in [-0.05, 0) is 5.56 Å². The van der Waals surface area contributed by atoms with Gasteiger partial charge in [-0.25, -0.2) is 0 Å². The summed E-state index contributed by atoms with van der Waals surface area (Å²) in [6, 6.07) is 9.84. The lowest BCUT2D eigenvalue weighted by Gasteiger charge is -2.28. The van der Waals surface area contributed by atoms with Gasteiger partial charge in [0.1, 0.15) is 0 Å². The molecule has 0 radical (unpaired) electrons. The molecule has 0 amide bonds. The highest BCUT2D eigenvalue weighted by Crippen LogP contribution is 2.35. The van der Waals surface area contributed by atoms with Gasteiger partial charge in [-0.1, -0.05) is 55.9 Å². The molecule has 3 nitrogen and oxygen atoms in total. The van der Waals surface area contributed by atoms with Crippen LogP contribution in [0.1, 0.15) is 32.4 Å². The molecule has 0 fully saturated rings. The third-order valence-corrected chi connectivity index (χ3v) is 2.26. The van der Waals surface area contributed by atoms with E-state index in [-0.39, 0.29) is 11.5 Å². The molecule has 0 N–H and O–H groups in total. The lowest BCUT2D eigenvalue weighted by Crippen LogP contribution is -2.19. The van der Waals surface area contributed by atoms with Crippen LogP contribution in [0.15, 0.2) is 35.1 Å². The molecular weight excluding hydrogens is 206 g/mol. The van der Waals surface area contributed by atoms with Gasteiger partial charge in [-0.3, -0.25) is 4.46 Å². The second-order valence-electron chi connectivity index (χ2n) is 4.44. The van der Waals surface area contributed by atoms with E-state index in [1.54, 1.807) is 0 Å². The van der Waals surface area contributed by atoms with Gasteiger partial charge in [0.05, 0.1) is 0 Å². The van der Waals surface area contributed by atoms with Gasteiger partial charge in [0.15, 0.2) is 6.10 Å². The molecule has 0 aromatic heterocycles. The molecular formula is C11H15NO2Si. The van der Waals surface area contributed by atoms with E-state index >= 15 is 0 Å². The molecule has 1 atom stereocenters. The van der Waals surface area contributed by atoms with Gasteiger partial charge in [0.25, 0.3) is 0 Å². The van der Waals surface area contributed by atoms with Crippen molar-refractivity contribution in [2.45, 2.75) is 26.9 Å². The first-order chi connectivity index (χ1) is 7.05. The molecule has 0 spiro atoms. The summed E-state index contributed by atoms with van der Waals surface area (Å²) in [5.41, 5.74) is 0.969. The van der Waals surface area contributed by atoms with Crippen LogP contribution in [-0.2, 0) is 9.30 Å². The Morgan fingerprint density at radius 2 is 1.87 bits per heavy atom. The molecule has 80 valence electrons. The van der Waals surface area contributed by atoms with E-state index in [9.17, 15) is 4.46 Å². The van der Waals surface area contributed by atoms with Crippen molar-refractivity contribution in [3.05, 3.63) is 35.9 Å². The van der Waals surface area contributed by atoms with Crippen LogP contribution in [0.2, 0.25) is 0 Å². The standard InChI is InChI=1S/C11H15NO2Si/c1-11(2,3)10(14-12-15-13)9-7-5-4-6-8-9/h4-8,10H,1-3H3. The fourth-order valence-corrected chi connectivity index (χ4v) is 1.57. The monoisotopic (exact) mass is 221 g/mol. The number of benzene rings is 1. The van der Waals surface area contributed by atoms with Crippen molar-refractivity contribution in [3.63, 3.8) is 0 Å². The summed E-state index contributed by atoms with van der Waals surface area (Å²) in [4.78, 5) is 8.75. The Kier molecular flexibility index (Phi) is 4.02. The lowest BCUT2D eigenvalue weighted by molar-refractivity contribution is -0.0155. The van der Waals surface area contributed by atoms with Crippen LogP contribution in [0.5, 0.6) is 0 Å². The fraction of sp³-hybridized carbons (Fsp3) is 0.455. The number of hydrogen-bond donors (Lipinski definition) is 0. The van der Waals surface area contributed by atoms with Crippen LogP contribution in [0.3, 0.4) is 0 Å². The highest BCUT2D eigenvalue weighted by molar-refractivity contribution is 6.00. The maximum atomic E-state index is 10.3. The summed E-state index contributed by atoms with van der Waals surface area (Å²) in [5, 5.41) is 0. The third-order valence-electron chi connectivity index (χ3n) is 2.08. The molecule has 0 aliphatic carbocycles. The lowest BCUT2D eigenvalue weighted by atomic mass is 9.85. The number of nitrogens with zero attached hydrogens (tertiary/aromatic N) is 1. The van der Waals surface area contributed by atoms with Crippen molar-refractivity contribution in [3.8, 4) is 0 Å². The minimum absolute atomic E-state index is 0.0789. The minimum Gasteiger partial charge on any atom is -0.386 e. The summed E-state index contributed by atoms with van der Waals surface area (Å²) in [5.74, 6) is 0. The Morgan fingerprint density at radius 1 is 1.27 bits per heavy atom. The Morgan fingerprint density at radius 3 is 2.33 bits per heavy atom. The normalized spacial score (nSPS) is 12.7. The average molecular weight is 221 g/mol. The molecule has 1 aromatic carbocycles. The highest BCUT2D eigenvalue weighted by Gasteiger charge is 2.28. The summed E-state index contributed by atoms with van der Waals surface area (Å²) in [6.45, 7) is 6.19. The zero-order chi connectivity index (χ0) is 11.3. The Labute approximate surface area is 92.0 Å². The molecule has 0 heterocycles. The van der Waals surface area contributed by atoms with Gasteiger partial charge in [-0.15, -0.1) is 0 Å². The zero-order valence-corrected chi connectivity index (χ0v) is 10.2. The van der Waals surface area contributed by atoms with Crippen LogP contribution in [0.25, 0.3) is 0 Å². The quantitative estimate of drug-likeness (QED) is 0.581. The van der Waals surface area contributed by atoms with Crippen LogP contribution >= 0.6 is 0 Å². The second-order valence-corrected chi connectivity index (χ2v) is 4.81. The molecule has 0 aliphatic heterocycles. The third kappa shape index (κ3) is 3.47. The molecule has 1 aromatic rings.